The van der Waals surface area contributed by atoms with Gasteiger partial charge in [-0.25, -0.2) is 12.8 Å². The molecule has 1 aromatic rings. The van der Waals surface area contributed by atoms with Gasteiger partial charge in [-0.2, -0.15) is 0 Å². The lowest BCUT2D eigenvalue weighted by Crippen LogP contribution is -2.33. The number of halogens is 1. The second-order valence-electron chi connectivity index (χ2n) is 5.27. The highest BCUT2D eigenvalue weighted by atomic mass is 32.2. The van der Waals surface area contributed by atoms with Crippen LogP contribution in [0.2, 0.25) is 0 Å². The first-order chi connectivity index (χ1) is 8.86. The Morgan fingerprint density at radius 1 is 1.32 bits per heavy atom. The molecular weight excluding hydrogens is 267 g/mol. The van der Waals surface area contributed by atoms with Gasteiger partial charge in [0.05, 0.1) is 11.4 Å². The van der Waals surface area contributed by atoms with Gasteiger partial charge in [0.2, 0.25) is 0 Å². The van der Waals surface area contributed by atoms with E-state index in [2.05, 4.69) is 0 Å². The maximum Gasteiger partial charge on any atom is 0.150 e. The van der Waals surface area contributed by atoms with E-state index in [-0.39, 0.29) is 17.2 Å². The summed E-state index contributed by atoms with van der Waals surface area (Å²) >= 11 is 0. The maximum atomic E-state index is 13.2. The molecule has 106 valence electrons. The summed E-state index contributed by atoms with van der Waals surface area (Å²) in [5.74, 6) is 0.176. The fourth-order valence-corrected chi connectivity index (χ4v) is 3.64. The minimum Gasteiger partial charge on any atom is -0.490 e. The van der Waals surface area contributed by atoms with Crippen LogP contribution >= 0.6 is 0 Å². The Balaban J connectivity index is 2.09. The highest BCUT2D eigenvalue weighted by molar-refractivity contribution is 7.91. The van der Waals surface area contributed by atoms with Crippen molar-refractivity contribution < 1.29 is 17.5 Å². The van der Waals surface area contributed by atoms with E-state index in [1.54, 1.807) is 6.07 Å². The first-order valence-corrected chi connectivity index (χ1v) is 8.43. The summed E-state index contributed by atoms with van der Waals surface area (Å²) in [4.78, 5) is 0. The molecule has 0 aliphatic heterocycles. The van der Waals surface area contributed by atoms with Crippen LogP contribution in [-0.2, 0) is 9.84 Å². The van der Waals surface area contributed by atoms with Crippen molar-refractivity contribution >= 4 is 9.84 Å². The molecular formula is C14H19FO3S. The van der Waals surface area contributed by atoms with Gasteiger partial charge in [-0.05, 0) is 37.8 Å². The fourth-order valence-electron chi connectivity index (χ4n) is 2.48. The van der Waals surface area contributed by atoms with E-state index in [1.807, 2.05) is 6.92 Å². The van der Waals surface area contributed by atoms with Crippen molar-refractivity contribution in [1.29, 1.82) is 0 Å². The van der Waals surface area contributed by atoms with Crippen molar-refractivity contribution in [2.75, 3.05) is 6.26 Å². The third-order valence-corrected chi connectivity index (χ3v) is 5.27. The van der Waals surface area contributed by atoms with Crippen molar-refractivity contribution in [3.05, 3.63) is 29.6 Å². The molecule has 19 heavy (non-hydrogen) atoms. The summed E-state index contributed by atoms with van der Waals surface area (Å²) in [5, 5.41) is -0.333. The van der Waals surface area contributed by atoms with E-state index in [4.69, 9.17) is 4.74 Å². The Kier molecular flexibility index (Phi) is 4.13. The third-order valence-electron chi connectivity index (χ3n) is 3.63. The van der Waals surface area contributed by atoms with Gasteiger partial charge >= 0.3 is 0 Å². The summed E-state index contributed by atoms with van der Waals surface area (Å²) in [6, 6.07) is 4.42. The van der Waals surface area contributed by atoms with Crippen LogP contribution in [0.3, 0.4) is 0 Å². The Labute approximate surface area is 113 Å². The average Bonchev–Trinajstić information content (AvgIpc) is 2.33. The predicted octanol–water partition coefficient (Wildman–Crippen LogP) is 2.87. The van der Waals surface area contributed by atoms with Gasteiger partial charge in [0, 0.05) is 18.7 Å². The zero-order chi connectivity index (χ0) is 14.0. The van der Waals surface area contributed by atoms with Gasteiger partial charge in [0.1, 0.15) is 21.4 Å². The first-order valence-electron chi connectivity index (χ1n) is 6.48. The number of aryl methyl sites for hydroxylation is 1. The van der Waals surface area contributed by atoms with E-state index in [1.165, 1.54) is 18.4 Å². The van der Waals surface area contributed by atoms with Crippen LogP contribution in [0, 0.1) is 12.7 Å². The summed E-state index contributed by atoms with van der Waals surface area (Å²) in [6.45, 7) is 1.85. The van der Waals surface area contributed by atoms with Crippen LogP contribution in [0.15, 0.2) is 18.2 Å². The molecule has 0 saturated heterocycles. The van der Waals surface area contributed by atoms with Crippen LogP contribution in [0.25, 0.3) is 0 Å². The summed E-state index contributed by atoms with van der Waals surface area (Å²) in [7, 11) is -3.02. The molecule has 2 unspecified atom stereocenters. The first kappa shape index (κ1) is 14.3. The highest BCUT2D eigenvalue weighted by Crippen LogP contribution is 2.29. The zero-order valence-electron chi connectivity index (χ0n) is 11.2. The van der Waals surface area contributed by atoms with Gasteiger partial charge in [-0.1, -0.05) is 6.07 Å². The molecule has 2 rings (SSSR count). The number of sulfone groups is 1. The number of rotatable bonds is 3. The molecule has 1 aliphatic carbocycles. The molecule has 0 spiro atoms. The summed E-state index contributed by atoms with van der Waals surface area (Å²) < 4.78 is 42.2. The van der Waals surface area contributed by atoms with Gasteiger partial charge in [-0.3, -0.25) is 0 Å². The monoisotopic (exact) mass is 286 g/mol. The molecule has 0 radical (unpaired) electrons. The van der Waals surface area contributed by atoms with E-state index in [0.29, 0.717) is 18.6 Å². The molecule has 0 N–H and O–H groups in total. The SMILES string of the molecule is Cc1ccc(F)cc1OC1CCCC(S(C)(=O)=O)C1. The van der Waals surface area contributed by atoms with Crippen molar-refractivity contribution in [1.82, 2.24) is 0 Å². The molecule has 5 heteroatoms. The quantitative estimate of drug-likeness (QED) is 0.858. The Hall–Kier alpha value is -1.10. The molecule has 3 nitrogen and oxygen atoms in total. The summed E-state index contributed by atoms with van der Waals surface area (Å²) in [6.07, 6.45) is 3.97. The normalized spacial score (nSPS) is 24.2. The van der Waals surface area contributed by atoms with E-state index in [9.17, 15) is 12.8 Å². The average molecular weight is 286 g/mol. The largest absolute Gasteiger partial charge is 0.490 e. The van der Waals surface area contributed by atoms with Crippen molar-refractivity contribution in [3.8, 4) is 5.75 Å². The molecule has 0 bridgehead atoms. The number of ether oxygens (including phenoxy) is 1. The molecule has 1 fully saturated rings. The van der Waals surface area contributed by atoms with Crippen molar-refractivity contribution in [2.24, 2.45) is 0 Å². The highest BCUT2D eigenvalue weighted by Gasteiger charge is 2.30. The lowest BCUT2D eigenvalue weighted by molar-refractivity contribution is 0.154. The topological polar surface area (TPSA) is 43.4 Å². The zero-order valence-corrected chi connectivity index (χ0v) is 12.0. The molecule has 1 aliphatic rings. The number of hydrogen-bond acceptors (Lipinski definition) is 3. The van der Waals surface area contributed by atoms with E-state index in [0.717, 1.165) is 18.4 Å². The molecule has 2 atom stereocenters. The minimum absolute atomic E-state index is 0.144. The number of hydrogen-bond donors (Lipinski definition) is 0. The summed E-state index contributed by atoms with van der Waals surface area (Å²) in [5.41, 5.74) is 0.864. The molecule has 1 saturated carbocycles. The second kappa shape index (κ2) is 5.49. The minimum atomic E-state index is -3.02. The van der Waals surface area contributed by atoms with E-state index < -0.39 is 9.84 Å². The van der Waals surface area contributed by atoms with Crippen LogP contribution in [-0.4, -0.2) is 26.0 Å². The molecule has 1 aromatic carbocycles. The lowest BCUT2D eigenvalue weighted by atomic mass is 9.97. The third kappa shape index (κ3) is 3.69. The van der Waals surface area contributed by atoms with Crippen LogP contribution < -0.4 is 4.74 Å². The molecule has 0 heterocycles. The van der Waals surface area contributed by atoms with Crippen LogP contribution in [0.4, 0.5) is 4.39 Å². The maximum absolute atomic E-state index is 13.2. The Morgan fingerprint density at radius 2 is 2.05 bits per heavy atom. The molecule has 0 amide bonds. The predicted molar refractivity (Wildman–Crippen MR) is 72.7 cm³/mol. The van der Waals surface area contributed by atoms with Crippen LogP contribution in [0.5, 0.6) is 5.75 Å². The van der Waals surface area contributed by atoms with Crippen LogP contribution in [0.1, 0.15) is 31.2 Å². The number of benzene rings is 1. The smallest absolute Gasteiger partial charge is 0.150 e. The lowest BCUT2D eigenvalue weighted by Gasteiger charge is -2.29. The fraction of sp³-hybridized carbons (Fsp3) is 0.571. The van der Waals surface area contributed by atoms with Crippen molar-refractivity contribution in [2.45, 2.75) is 44.0 Å². The standard InChI is InChI=1S/C14H19FO3S/c1-10-6-7-11(15)8-14(10)18-12-4-3-5-13(9-12)19(2,16)17/h6-8,12-13H,3-5,9H2,1-2H3. The van der Waals surface area contributed by atoms with Gasteiger partial charge in [-0.15, -0.1) is 0 Å². The Bertz CT molecular complexity index is 554. The Morgan fingerprint density at radius 3 is 2.74 bits per heavy atom. The van der Waals surface area contributed by atoms with Gasteiger partial charge in [0.15, 0.2) is 0 Å². The van der Waals surface area contributed by atoms with Gasteiger partial charge in [0.25, 0.3) is 0 Å². The van der Waals surface area contributed by atoms with Crippen molar-refractivity contribution in [3.63, 3.8) is 0 Å². The van der Waals surface area contributed by atoms with Gasteiger partial charge < -0.3 is 4.74 Å². The molecule has 0 aromatic heterocycles. The second-order valence-corrected chi connectivity index (χ2v) is 7.59. The van der Waals surface area contributed by atoms with E-state index >= 15 is 0 Å².